The van der Waals surface area contributed by atoms with Gasteiger partial charge in [0.05, 0.1) is 28.1 Å². The van der Waals surface area contributed by atoms with Gasteiger partial charge in [-0.25, -0.2) is 9.97 Å². The van der Waals surface area contributed by atoms with Crippen molar-refractivity contribution in [3.05, 3.63) is 67.1 Å². The summed E-state index contributed by atoms with van der Waals surface area (Å²) >= 11 is 0. The van der Waals surface area contributed by atoms with Gasteiger partial charge < -0.3 is 10.2 Å². The predicted octanol–water partition coefficient (Wildman–Crippen LogP) is 4.22. The van der Waals surface area contributed by atoms with Gasteiger partial charge in [-0.3, -0.25) is 10.2 Å². The summed E-state index contributed by atoms with van der Waals surface area (Å²) in [6.07, 6.45) is 3.21. The van der Waals surface area contributed by atoms with Crippen molar-refractivity contribution in [2.75, 3.05) is 24.3 Å². The van der Waals surface area contributed by atoms with E-state index in [9.17, 15) is 0 Å². The number of anilines is 3. The first-order valence-electron chi connectivity index (χ1n) is 9.53. The molecule has 0 saturated carbocycles. The number of benzene rings is 2. The van der Waals surface area contributed by atoms with Crippen LogP contribution in [0.5, 0.6) is 0 Å². The van der Waals surface area contributed by atoms with E-state index < -0.39 is 0 Å². The summed E-state index contributed by atoms with van der Waals surface area (Å²) in [6, 6.07) is 18.5. The molecule has 0 aliphatic heterocycles. The monoisotopic (exact) mass is 396 g/mol. The predicted molar refractivity (Wildman–Crippen MR) is 119 cm³/mol. The molecule has 0 unspecified atom stereocenters. The van der Waals surface area contributed by atoms with Crippen LogP contribution in [0.3, 0.4) is 0 Å². The first-order chi connectivity index (χ1) is 14.7. The molecule has 2 aromatic carbocycles. The second kappa shape index (κ2) is 7.32. The fourth-order valence-corrected chi connectivity index (χ4v) is 3.50. The van der Waals surface area contributed by atoms with Crippen LogP contribution in [0.4, 0.5) is 17.2 Å². The molecule has 0 bridgehead atoms. The highest BCUT2D eigenvalue weighted by Crippen LogP contribution is 2.35. The Morgan fingerprint density at radius 1 is 0.900 bits per heavy atom. The number of H-pyrrole nitrogens is 2. The third kappa shape index (κ3) is 3.14. The first-order valence-corrected chi connectivity index (χ1v) is 9.53. The number of aromatic nitrogens is 6. The molecule has 3 heterocycles. The van der Waals surface area contributed by atoms with E-state index in [1.54, 1.807) is 6.20 Å². The topological polar surface area (TPSA) is 98.4 Å². The number of rotatable bonds is 5. The Hall–Kier alpha value is -4.20. The van der Waals surface area contributed by atoms with Gasteiger partial charge in [0, 0.05) is 20.3 Å². The van der Waals surface area contributed by atoms with Crippen molar-refractivity contribution in [3.63, 3.8) is 0 Å². The molecule has 8 nitrogen and oxygen atoms in total. The van der Waals surface area contributed by atoms with E-state index in [-0.39, 0.29) is 0 Å². The van der Waals surface area contributed by atoms with E-state index in [1.807, 2.05) is 38.4 Å². The molecule has 0 fully saturated rings. The zero-order valence-corrected chi connectivity index (χ0v) is 16.6. The average molecular weight is 396 g/mol. The van der Waals surface area contributed by atoms with Crippen LogP contribution in [0.15, 0.2) is 67.1 Å². The van der Waals surface area contributed by atoms with E-state index in [4.69, 9.17) is 0 Å². The van der Waals surface area contributed by atoms with E-state index in [1.165, 1.54) is 6.33 Å². The second-order valence-corrected chi connectivity index (χ2v) is 7.11. The average Bonchev–Trinajstić information content (AvgIpc) is 3.44. The maximum absolute atomic E-state index is 4.51. The maximum Gasteiger partial charge on any atom is 0.186 e. The van der Waals surface area contributed by atoms with Gasteiger partial charge in [0.15, 0.2) is 5.65 Å². The molecular formula is C22H20N8. The number of nitrogens with zero attached hydrogens (tertiary/aromatic N) is 5. The van der Waals surface area contributed by atoms with Crippen molar-refractivity contribution in [2.24, 2.45) is 0 Å². The van der Waals surface area contributed by atoms with Gasteiger partial charge in [-0.05, 0) is 29.3 Å². The highest BCUT2D eigenvalue weighted by atomic mass is 15.2. The zero-order chi connectivity index (χ0) is 20.5. The largest absolute Gasteiger partial charge is 0.376 e. The van der Waals surface area contributed by atoms with Crippen LogP contribution in [0.25, 0.3) is 33.5 Å². The third-order valence-corrected chi connectivity index (χ3v) is 4.96. The molecule has 3 aromatic heterocycles. The van der Waals surface area contributed by atoms with E-state index in [2.05, 4.69) is 70.9 Å². The minimum absolute atomic E-state index is 0.586. The van der Waals surface area contributed by atoms with Crippen molar-refractivity contribution in [2.45, 2.75) is 0 Å². The molecular weight excluding hydrogens is 376 g/mol. The van der Waals surface area contributed by atoms with E-state index in [0.717, 1.165) is 39.3 Å². The minimum atomic E-state index is 0.586. The Kier molecular flexibility index (Phi) is 4.36. The SMILES string of the molecule is CN(C)c1ccc(-c2ccccc2)cc1Nc1ncnc2n[nH]c(-c3ccn[nH]3)c12. The number of hydrogen-bond acceptors (Lipinski definition) is 6. The van der Waals surface area contributed by atoms with E-state index in [0.29, 0.717) is 11.5 Å². The van der Waals surface area contributed by atoms with Gasteiger partial charge in [-0.2, -0.15) is 10.2 Å². The normalized spacial score (nSPS) is 11.0. The zero-order valence-electron chi connectivity index (χ0n) is 16.6. The molecule has 0 radical (unpaired) electrons. The first kappa shape index (κ1) is 17.9. The van der Waals surface area contributed by atoms with Crippen LogP contribution < -0.4 is 10.2 Å². The van der Waals surface area contributed by atoms with Gasteiger partial charge in [0.25, 0.3) is 0 Å². The molecule has 0 amide bonds. The van der Waals surface area contributed by atoms with Crippen LogP contribution in [0.1, 0.15) is 0 Å². The smallest absolute Gasteiger partial charge is 0.186 e. The molecule has 0 aliphatic rings. The fourth-order valence-electron chi connectivity index (χ4n) is 3.50. The summed E-state index contributed by atoms with van der Waals surface area (Å²) in [7, 11) is 4.04. The summed E-state index contributed by atoms with van der Waals surface area (Å²) in [4.78, 5) is 10.9. The number of hydrogen-bond donors (Lipinski definition) is 3. The molecule has 0 aliphatic carbocycles. The lowest BCUT2D eigenvalue weighted by atomic mass is 10.0. The molecule has 5 aromatic rings. The molecule has 0 spiro atoms. The van der Waals surface area contributed by atoms with Crippen molar-refractivity contribution in [3.8, 4) is 22.5 Å². The Morgan fingerprint density at radius 3 is 2.53 bits per heavy atom. The lowest BCUT2D eigenvalue weighted by molar-refractivity contribution is 1.06. The molecule has 148 valence electrons. The van der Waals surface area contributed by atoms with Crippen molar-refractivity contribution < 1.29 is 0 Å². The molecule has 30 heavy (non-hydrogen) atoms. The van der Waals surface area contributed by atoms with E-state index >= 15 is 0 Å². The highest BCUT2D eigenvalue weighted by Gasteiger charge is 2.17. The van der Waals surface area contributed by atoms with Gasteiger partial charge in [0.2, 0.25) is 0 Å². The standard InChI is InChI=1S/C22H20N8/c1-30(2)18-9-8-15(14-6-4-3-5-7-14)12-17(18)26-21-19-20(16-10-11-25-27-16)28-29-22(19)24-13-23-21/h3-13H,1-2H3,(H,25,27)(H2,23,24,26,28,29). The van der Waals surface area contributed by atoms with Crippen LogP contribution >= 0.6 is 0 Å². The third-order valence-electron chi connectivity index (χ3n) is 4.96. The minimum Gasteiger partial charge on any atom is -0.376 e. The summed E-state index contributed by atoms with van der Waals surface area (Å²) in [6.45, 7) is 0. The number of aromatic amines is 2. The molecule has 8 heteroatoms. The summed E-state index contributed by atoms with van der Waals surface area (Å²) in [5, 5.41) is 18.7. The van der Waals surface area contributed by atoms with Gasteiger partial charge >= 0.3 is 0 Å². The Labute approximate surface area is 173 Å². The van der Waals surface area contributed by atoms with Crippen LogP contribution in [-0.2, 0) is 0 Å². The molecule has 0 saturated heterocycles. The van der Waals surface area contributed by atoms with Gasteiger partial charge in [0.1, 0.15) is 12.1 Å². The number of fused-ring (bicyclic) bond motifs is 1. The molecule has 3 N–H and O–H groups in total. The highest BCUT2D eigenvalue weighted by molar-refractivity contribution is 5.99. The molecule has 5 rings (SSSR count). The molecule has 0 atom stereocenters. The van der Waals surface area contributed by atoms with Crippen LogP contribution in [0, 0.1) is 0 Å². The second-order valence-electron chi connectivity index (χ2n) is 7.11. The van der Waals surface area contributed by atoms with Crippen LogP contribution in [0.2, 0.25) is 0 Å². The van der Waals surface area contributed by atoms with Crippen molar-refractivity contribution in [1.29, 1.82) is 0 Å². The van der Waals surface area contributed by atoms with Crippen LogP contribution in [-0.4, -0.2) is 44.5 Å². The van der Waals surface area contributed by atoms with Crippen molar-refractivity contribution in [1.82, 2.24) is 30.4 Å². The Balaban J connectivity index is 1.64. The lowest BCUT2D eigenvalue weighted by Gasteiger charge is -2.20. The number of nitrogens with one attached hydrogen (secondary N) is 3. The van der Waals surface area contributed by atoms with Crippen molar-refractivity contribution >= 4 is 28.2 Å². The fraction of sp³-hybridized carbons (Fsp3) is 0.0909. The lowest BCUT2D eigenvalue weighted by Crippen LogP contribution is -2.11. The summed E-state index contributed by atoms with van der Waals surface area (Å²) in [5.74, 6) is 0.673. The van der Waals surface area contributed by atoms with Gasteiger partial charge in [-0.1, -0.05) is 36.4 Å². The quantitative estimate of drug-likeness (QED) is 0.411. The Bertz CT molecular complexity index is 1290. The maximum atomic E-state index is 4.51. The Morgan fingerprint density at radius 2 is 1.77 bits per heavy atom. The summed E-state index contributed by atoms with van der Waals surface area (Å²) in [5.41, 5.74) is 6.46. The van der Waals surface area contributed by atoms with Gasteiger partial charge in [-0.15, -0.1) is 0 Å². The summed E-state index contributed by atoms with van der Waals surface area (Å²) < 4.78 is 0.